The van der Waals surface area contributed by atoms with E-state index in [2.05, 4.69) is 15.6 Å². The number of alkyl carbamates (subject to hydrolysis) is 1. The van der Waals surface area contributed by atoms with E-state index < -0.39 is 11.7 Å². The van der Waals surface area contributed by atoms with Crippen molar-refractivity contribution in [3.8, 4) is 0 Å². The fourth-order valence-electron chi connectivity index (χ4n) is 3.47. The highest BCUT2D eigenvalue weighted by Crippen LogP contribution is 2.20. The second kappa shape index (κ2) is 10.6. The molecule has 1 aliphatic heterocycles. The molecule has 2 aromatic rings. The summed E-state index contributed by atoms with van der Waals surface area (Å²) >= 11 is 1.30. The van der Waals surface area contributed by atoms with E-state index in [-0.39, 0.29) is 24.2 Å². The minimum Gasteiger partial charge on any atom is -0.444 e. The average Bonchev–Trinajstić information content (AvgIpc) is 3.18. The first-order valence-electron chi connectivity index (χ1n) is 10.7. The lowest BCUT2D eigenvalue weighted by atomic mass is 9.97. The summed E-state index contributed by atoms with van der Waals surface area (Å²) in [5, 5.41) is 7.84. The number of nitrogens with zero attached hydrogens (tertiary/aromatic N) is 2. The normalized spacial score (nSPS) is 16.3. The first kappa shape index (κ1) is 23.7. The van der Waals surface area contributed by atoms with Gasteiger partial charge in [-0.1, -0.05) is 18.2 Å². The highest BCUT2D eigenvalue weighted by Gasteiger charge is 2.25. The number of ether oxygens (including phenoxy) is 1. The summed E-state index contributed by atoms with van der Waals surface area (Å²) in [4.78, 5) is 43.1. The molecule has 0 aliphatic carbocycles. The van der Waals surface area contributed by atoms with E-state index in [1.54, 1.807) is 29.6 Å². The molecule has 1 fully saturated rings. The van der Waals surface area contributed by atoms with Crippen LogP contribution in [-0.4, -0.2) is 53.0 Å². The molecule has 2 heterocycles. The second-order valence-electron chi connectivity index (χ2n) is 8.87. The van der Waals surface area contributed by atoms with Crippen molar-refractivity contribution in [3.05, 3.63) is 47.0 Å². The first-order valence-corrected chi connectivity index (χ1v) is 11.6. The Morgan fingerprint density at radius 2 is 1.97 bits per heavy atom. The van der Waals surface area contributed by atoms with Crippen LogP contribution in [0.25, 0.3) is 0 Å². The fourth-order valence-corrected chi connectivity index (χ4v) is 4.18. The van der Waals surface area contributed by atoms with E-state index in [4.69, 9.17) is 4.74 Å². The minimum atomic E-state index is -0.536. The van der Waals surface area contributed by atoms with Gasteiger partial charge in [0.1, 0.15) is 5.60 Å². The van der Waals surface area contributed by atoms with Crippen LogP contribution in [0.3, 0.4) is 0 Å². The lowest BCUT2D eigenvalue weighted by molar-refractivity contribution is -0.132. The van der Waals surface area contributed by atoms with Crippen LogP contribution in [0.15, 0.2) is 35.7 Å². The van der Waals surface area contributed by atoms with Crippen molar-refractivity contribution < 1.29 is 19.1 Å². The number of carbonyl (C=O) groups excluding carboxylic acids is 3. The number of hydrogen-bond acceptors (Lipinski definition) is 6. The highest BCUT2D eigenvalue weighted by atomic mass is 32.1. The summed E-state index contributed by atoms with van der Waals surface area (Å²) in [6.07, 6.45) is 1.59. The summed E-state index contributed by atoms with van der Waals surface area (Å²) in [5.41, 5.74) is 0.656. The largest absolute Gasteiger partial charge is 0.444 e. The molecule has 0 saturated carbocycles. The van der Waals surface area contributed by atoms with Crippen molar-refractivity contribution in [2.24, 2.45) is 5.92 Å². The van der Waals surface area contributed by atoms with Gasteiger partial charge in [0.15, 0.2) is 5.13 Å². The first-order chi connectivity index (χ1) is 15.2. The topological polar surface area (TPSA) is 101 Å². The standard InChI is InChI=1S/C23H30N4O4S/c1-23(2,3)31-22(30)24-13-16-8-7-11-27(14-16)19(28)12-18-15-32-21(25-18)26-20(29)17-9-5-4-6-10-17/h4-6,9-10,15-16H,7-8,11-14H2,1-3H3,(H,24,30)(H,25,26,29). The second-order valence-corrected chi connectivity index (χ2v) is 9.73. The Hall–Kier alpha value is -2.94. The van der Waals surface area contributed by atoms with E-state index in [0.717, 1.165) is 12.8 Å². The molecule has 1 atom stereocenters. The van der Waals surface area contributed by atoms with Crippen LogP contribution in [0.4, 0.5) is 9.93 Å². The van der Waals surface area contributed by atoms with E-state index in [9.17, 15) is 14.4 Å². The molecule has 1 saturated heterocycles. The van der Waals surface area contributed by atoms with Crippen molar-refractivity contribution in [2.45, 2.75) is 45.6 Å². The van der Waals surface area contributed by atoms with Gasteiger partial charge in [-0.2, -0.15) is 0 Å². The molecule has 3 rings (SSSR count). The number of piperidine rings is 1. The van der Waals surface area contributed by atoms with E-state index in [1.165, 1.54) is 11.3 Å². The third-order valence-electron chi connectivity index (χ3n) is 4.95. The zero-order valence-corrected chi connectivity index (χ0v) is 19.5. The number of aromatic nitrogens is 1. The molecule has 172 valence electrons. The van der Waals surface area contributed by atoms with Gasteiger partial charge in [-0.15, -0.1) is 11.3 Å². The fraction of sp³-hybridized carbons (Fsp3) is 0.478. The minimum absolute atomic E-state index is 0.00166. The summed E-state index contributed by atoms with van der Waals surface area (Å²) in [6.45, 7) is 7.24. The summed E-state index contributed by atoms with van der Waals surface area (Å²) in [5.74, 6) is -0.0382. The zero-order valence-electron chi connectivity index (χ0n) is 18.7. The van der Waals surface area contributed by atoms with Crippen LogP contribution in [-0.2, 0) is 16.0 Å². The molecule has 1 aromatic carbocycles. The van der Waals surface area contributed by atoms with Gasteiger partial charge >= 0.3 is 6.09 Å². The lowest BCUT2D eigenvalue weighted by Crippen LogP contribution is -2.45. The molecule has 9 heteroatoms. The van der Waals surface area contributed by atoms with Crippen molar-refractivity contribution >= 4 is 34.4 Å². The number of nitrogens with one attached hydrogen (secondary N) is 2. The van der Waals surface area contributed by atoms with Gasteiger partial charge in [-0.05, 0) is 51.7 Å². The maximum Gasteiger partial charge on any atom is 0.407 e. The van der Waals surface area contributed by atoms with Crippen molar-refractivity contribution in [1.29, 1.82) is 0 Å². The van der Waals surface area contributed by atoms with Gasteiger partial charge in [0.05, 0.1) is 12.1 Å². The third kappa shape index (κ3) is 7.33. The van der Waals surface area contributed by atoms with Crippen LogP contribution in [0.5, 0.6) is 0 Å². The Labute approximate surface area is 192 Å². The predicted octanol–water partition coefficient (Wildman–Crippen LogP) is 3.70. The molecule has 0 radical (unpaired) electrons. The summed E-state index contributed by atoms with van der Waals surface area (Å²) < 4.78 is 5.27. The Balaban J connectivity index is 1.47. The van der Waals surface area contributed by atoms with Crippen LogP contribution in [0.2, 0.25) is 0 Å². The van der Waals surface area contributed by atoms with Gasteiger partial charge in [-0.25, -0.2) is 9.78 Å². The number of hydrogen-bond donors (Lipinski definition) is 2. The number of carbonyl (C=O) groups is 3. The van der Waals surface area contributed by atoms with Crippen LogP contribution in [0.1, 0.15) is 49.7 Å². The van der Waals surface area contributed by atoms with Crippen LogP contribution < -0.4 is 10.6 Å². The van der Waals surface area contributed by atoms with Crippen molar-refractivity contribution in [1.82, 2.24) is 15.2 Å². The number of amides is 3. The van der Waals surface area contributed by atoms with Crippen LogP contribution >= 0.6 is 11.3 Å². The lowest BCUT2D eigenvalue weighted by Gasteiger charge is -2.33. The SMILES string of the molecule is CC(C)(C)OC(=O)NCC1CCCN(C(=O)Cc2csc(NC(=O)c3ccccc3)n2)C1. The molecule has 32 heavy (non-hydrogen) atoms. The summed E-state index contributed by atoms with van der Waals surface area (Å²) in [7, 11) is 0. The Morgan fingerprint density at radius 1 is 1.22 bits per heavy atom. The van der Waals surface area contributed by atoms with Gasteiger partial charge in [0, 0.05) is 30.6 Å². The number of rotatable bonds is 6. The Morgan fingerprint density at radius 3 is 2.69 bits per heavy atom. The zero-order chi connectivity index (χ0) is 23.1. The quantitative estimate of drug-likeness (QED) is 0.687. The third-order valence-corrected chi connectivity index (χ3v) is 5.75. The van der Waals surface area contributed by atoms with Crippen LogP contribution in [0, 0.1) is 5.92 Å². The molecular weight excluding hydrogens is 428 g/mol. The smallest absolute Gasteiger partial charge is 0.407 e. The molecule has 1 unspecified atom stereocenters. The molecule has 0 bridgehead atoms. The average molecular weight is 459 g/mol. The van der Waals surface area contributed by atoms with E-state index >= 15 is 0 Å². The van der Waals surface area contributed by atoms with E-state index in [1.807, 2.05) is 31.7 Å². The molecule has 8 nitrogen and oxygen atoms in total. The number of benzene rings is 1. The molecule has 3 amide bonds. The number of anilines is 1. The van der Waals surface area contributed by atoms with Gasteiger partial charge < -0.3 is 15.0 Å². The van der Waals surface area contributed by atoms with Crippen molar-refractivity contribution in [2.75, 3.05) is 25.0 Å². The highest BCUT2D eigenvalue weighted by molar-refractivity contribution is 7.14. The maximum absolute atomic E-state index is 12.8. The molecular formula is C23H30N4O4S. The monoisotopic (exact) mass is 458 g/mol. The molecule has 1 aromatic heterocycles. The molecule has 2 N–H and O–H groups in total. The Bertz CT molecular complexity index is 939. The number of thiazole rings is 1. The molecule has 1 aliphatic rings. The van der Waals surface area contributed by atoms with E-state index in [0.29, 0.717) is 36.0 Å². The predicted molar refractivity (Wildman–Crippen MR) is 124 cm³/mol. The summed E-state index contributed by atoms with van der Waals surface area (Å²) in [6, 6.07) is 8.92. The van der Waals surface area contributed by atoms with Crippen molar-refractivity contribution in [3.63, 3.8) is 0 Å². The van der Waals surface area contributed by atoms with Gasteiger partial charge in [-0.3, -0.25) is 14.9 Å². The number of likely N-dealkylation sites (tertiary alicyclic amines) is 1. The van der Waals surface area contributed by atoms with Gasteiger partial charge in [0.25, 0.3) is 5.91 Å². The maximum atomic E-state index is 12.8. The van der Waals surface area contributed by atoms with Gasteiger partial charge in [0.2, 0.25) is 5.91 Å². The Kier molecular flexibility index (Phi) is 7.84. The molecule has 0 spiro atoms.